The minimum absolute atomic E-state index is 0.326. The van der Waals surface area contributed by atoms with Gasteiger partial charge < -0.3 is 25.0 Å². The Labute approximate surface area is 153 Å². The molecule has 2 heterocycles. The number of hydrogen-bond acceptors (Lipinski definition) is 4. The molecule has 0 aromatic carbocycles. The van der Waals surface area contributed by atoms with Crippen LogP contribution < -0.4 is 10.6 Å². The lowest BCUT2D eigenvalue weighted by Gasteiger charge is -2.20. The molecule has 0 spiro atoms. The molecule has 25 heavy (non-hydrogen) atoms. The fourth-order valence-electron chi connectivity index (χ4n) is 3.46. The molecule has 0 aromatic rings. The second kappa shape index (κ2) is 13.4. The van der Waals surface area contributed by atoms with E-state index in [9.17, 15) is 0 Å². The van der Waals surface area contributed by atoms with E-state index in [2.05, 4.69) is 20.5 Å². The average Bonchev–Trinajstić information content (AvgIpc) is 3.02. The number of rotatable bonds is 10. The number of nitrogens with one attached hydrogen (secondary N) is 2. The van der Waals surface area contributed by atoms with Crippen molar-refractivity contribution in [1.29, 1.82) is 0 Å². The normalized spacial score (nSPS) is 22.8. The molecule has 2 fully saturated rings. The summed E-state index contributed by atoms with van der Waals surface area (Å²) in [7, 11) is 1.83. The largest absolute Gasteiger partial charge is 0.379 e. The van der Waals surface area contributed by atoms with Crippen LogP contribution in [0.25, 0.3) is 0 Å². The van der Waals surface area contributed by atoms with Gasteiger partial charge in [-0.05, 0) is 58.2 Å². The number of likely N-dealkylation sites (tertiary alicyclic amines) is 1. The van der Waals surface area contributed by atoms with Crippen molar-refractivity contribution in [3.05, 3.63) is 0 Å². The van der Waals surface area contributed by atoms with E-state index in [4.69, 9.17) is 9.47 Å². The fourth-order valence-corrected chi connectivity index (χ4v) is 3.46. The molecule has 0 radical (unpaired) electrons. The maximum Gasteiger partial charge on any atom is 0.190 e. The SMILES string of the molecule is CN=C(NCCCOCC1CCCO1)NCCCN1CCCCCC1. The molecular weight excluding hydrogens is 316 g/mol. The number of aliphatic imine (C=N–C) groups is 1. The highest BCUT2D eigenvalue weighted by Gasteiger charge is 2.14. The van der Waals surface area contributed by atoms with Gasteiger partial charge in [0.15, 0.2) is 5.96 Å². The van der Waals surface area contributed by atoms with Crippen LogP contribution >= 0.6 is 0 Å². The first-order chi connectivity index (χ1) is 12.4. The van der Waals surface area contributed by atoms with Crippen molar-refractivity contribution in [1.82, 2.24) is 15.5 Å². The van der Waals surface area contributed by atoms with Crippen LogP contribution in [0.1, 0.15) is 51.4 Å². The lowest BCUT2D eigenvalue weighted by Crippen LogP contribution is -2.39. The summed E-state index contributed by atoms with van der Waals surface area (Å²) in [4.78, 5) is 6.90. The Kier molecular flexibility index (Phi) is 10.9. The van der Waals surface area contributed by atoms with Gasteiger partial charge in [-0.2, -0.15) is 0 Å². The lowest BCUT2D eigenvalue weighted by molar-refractivity contribution is 0.0168. The van der Waals surface area contributed by atoms with Crippen LogP contribution in [0.5, 0.6) is 0 Å². The highest BCUT2D eigenvalue weighted by Crippen LogP contribution is 2.12. The zero-order chi connectivity index (χ0) is 17.6. The van der Waals surface area contributed by atoms with E-state index in [1.807, 2.05) is 7.05 Å². The summed E-state index contributed by atoms with van der Waals surface area (Å²) in [5.74, 6) is 0.898. The highest BCUT2D eigenvalue weighted by molar-refractivity contribution is 5.79. The average molecular weight is 355 g/mol. The number of hydrogen-bond donors (Lipinski definition) is 2. The van der Waals surface area contributed by atoms with E-state index in [0.717, 1.165) is 51.7 Å². The van der Waals surface area contributed by atoms with Crippen molar-refractivity contribution >= 4 is 5.96 Å². The monoisotopic (exact) mass is 354 g/mol. The summed E-state index contributed by atoms with van der Waals surface area (Å²) in [5.41, 5.74) is 0. The molecule has 0 saturated carbocycles. The van der Waals surface area contributed by atoms with Crippen molar-refractivity contribution in [2.75, 3.05) is 59.6 Å². The van der Waals surface area contributed by atoms with Crippen LogP contribution in [0.2, 0.25) is 0 Å². The molecule has 2 rings (SSSR count). The zero-order valence-electron chi connectivity index (χ0n) is 16.1. The van der Waals surface area contributed by atoms with Gasteiger partial charge in [0.2, 0.25) is 0 Å². The van der Waals surface area contributed by atoms with Crippen LogP contribution in [0.4, 0.5) is 0 Å². The van der Waals surface area contributed by atoms with Gasteiger partial charge in [-0.1, -0.05) is 12.8 Å². The molecule has 2 aliphatic rings. The molecular formula is C19H38N4O2. The number of ether oxygens (including phenoxy) is 2. The molecule has 2 saturated heterocycles. The van der Waals surface area contributed by atoms with E-state index in [1.165, 1.54) is 58.2 Å². The van der Waals surface area contributed by atoms with Gasteiger partial charge in [-0.15, -0.1) is 0 Å². The Bertz CT molecular complexity index is 351. The van der Waals surface area contributed by atoms with Crippen molar-refractivity contribution < 1.29 is 9.47 Å². The maximum atomic E-state index is 5.68. The highest BCUT2D eigenvalue weighted by atomic mass is 16.5. The van der Waals surface area contributed by atoms with E-state index in [0.29, 0.717) is 6.10 Å². The molecule has 6 nitrogen and oxygen atoms in total. The second-order valence-corrected chi connectivity index (χ2v) is 7.10. The minimum atomic E-state index is 0.326. The van der Waals surface area contributed by atoms with Gasteiger partial charge in [0.25, 0.3) is 0 Å². The standard InChI is InChI=1S/C19H38N4O2/c1-20-19(21-10-7-14-23-12-4-2-3-5-13-23)22-11-8-15-24-17-18-9-6-16-25-18/h18H,2-17H2,1H3,(H2,20,21,22). The van der Waals surface area contributed by atoms with Gasteiger partial charge in [-0.3, -0.25) is 4.99 Å². The van der Waals surface area contributed by atoms with Gasteiger partial charge in [0, 0.05) is 33.4 Å². The van der Waals surface area contributed by atoms with Crippen LogP contribution in [0.15, 0.2) is 4.99 Å². The molecule has 2 N–H and O–H groups in total. The summed E-state index contributed by atoms with van der Waals surface area (Å²) in [6.45, 7) is 8.03. The smallest absolute Gasteiger partial charge is 0.190 e. The Morgan fingerprint density at radius 1 is 1.08 bits per heavy atom. The third-order valence-corrected chi connectivity index (χ3v) is 4.95. The molecule has 6 heteroatoms. The molecule has 146 valence electrons. The van der Waals surface area contributed by atoms with Crippen LogP contribution in [-0.4, -0.2) is 76.6 Å². The molecule has 1 unspecified atom stereocenters. The lowest BCUT2D eigenvalue weighted by atomic mass is 10.2. The third-order valence-electron chi connectivity index (χ3n) is 4.95. The Morgan fingerprint density at radius 3 is 2.52 bits per heavy atom. The van der Waals surface area contributed by atoms with Gasteiger partial charge >= 0.3 is 0 Å². The maximum absolute atomic E-state index is 5.68. The first kappa shape index (κ1) is 20.5. The number of guanidine groups is 1. The second-order valence-electron chi connectivity index (χ2n) is 7.10. The van der Waals surface area contributed by atoms with E-state index in [-0.39, 0.29) is 0 Å². The molecule has 1 atom stereocenters. The number of nitrogens with zero attached hydrogens (tertiary/aromatic N) is 2. The van der Waals surface area contributed by atoms with Gasteiger partial charge in [0.1, 0.15) is 0 Å². The van der Waals surface area contributed by atoms with Crippen molar-refractivity contribution in [3.63, 3.8) is 0 Å². The van der Waals surface area contributed by atoms with Gasteiger partial charge in [-0.25, -0.2) is 0 Å². The minimum Gasteiger partial charge on any atom is -0.379 e. The predicted molar refractivity (Wildman–Crippen MR) is 103 cm³/mol. The molecule has 0 aromatic heterocycles. The summed E-state index contributed by atoms with van der Waals surface area (Å²) < 4.78 is 11.2. The van der Waals surface area contributed by atoms with Crippen LogP contribution in [0.3, 0.4) is 0 Å². The quantitative estimate of drug-likeness (QED) is 0.357. The molecule has 0 aliphatic carbocycles. The fraction of sp³-hybridized carbons (Fsp3) is 0.947. The van der Waals surface area contributed by atoms with Crippen molar-refractivity contribution in [2.24, 2.45) is 4.99 Å². The van der Waals surface area contributed by atoms with Crippen molar-refractivity contribution in [3.8, 4) is 0 Å². The molecule has 2 aliphatic heterocycles. The summed E-state index contributed by atoms with van der Waals surface area (Å²) in [5, 5.41) is 6.77. The van der Waals surface area contributed by atoms with Crippen molar-refractivity contribution in [2.45, 2.75) is 57.5 Å². The Balaban J connectivity index is 1.42. The summed E-state index contributed by atoms with van der Waals surface area (Å²) >= 11 is 0. The van der Waals surface area contributed by atoms with Gasteiger partial charge in [0.05, 0.1) is 12.7 Å². The first-order valence-corrected chi connectivity index (χ1v) is 10.2. The van der Waals surface area contributed by atoms with E-state index >= 15 is 0 Å². The molecule has 0 amide bonds. The topological polar surface area (TPSA) is 58.1 Å². The first-order valence-electron chi connectivity index (χ1n) is 10.2. The van der Waals surface area contributed by atoms with E-state index < -0.39 is 0 Å². The van der Waals surface area contributed by atoms with Crippen LogP contribution in [-0.2, 0) is 9.47 Å². The Morgan fingerprint density at radius 2 is 1.84 bits per heavy atom. The third kappa shape index (κ3) is 9.42. The zero-order valence-corrected chi connectivity index (χ0v) is 16.1. The summed E-state index contributed by atoms with van der Waals surface area (Å²) in [6.07, 6.45) is 10.3. The van der Waals surface area contributed by atoms with Crippen LogP contribution in [0, 0.1) is 0 Å². The Hall–Kier alpha value is -0.850. The predicted octanol–water partition coefficient (Wildman–Crippen LogP) is 2.00. The van der Waals surface area contributed by atoms with E-state index in [1.54, 1.807) is 0 Å². The molecule has 0 bridgehead atoms. The summed E-state index contributed by atoms with van der Waals surface area (Å²) in [6, 6.07) is 0.